The molecule has 0 aromatic heterocycles. The van der Waals surface area contributed by atoms with Crippen LogP contribution in [0.25, 0.3) is 0 Å². The van der Waals surface area contributed by atoms with Crippen molar-refractivity contribution < 1.29 is 4.74 Å². The van der Waals surface area contributed by atoms with Gasteiger partial charge in [-0.3, -0.25) is 4.90 Å². The standard InChI is InChI=1S/C15H24N2O/c1-3-15(17-10-4-5-13(16)11-17)12-6-8-14(18-2)9-7-12/h6-9,13,15H,3-5,10-11,16H2,1-2H3. The van der Waals surface area contributed by atoms with Gasteiger partial charge in [-0.1, -0.05) is 19.1 Å². The maximum Gasteiger partial charge on any atom is 0.118 e. The van der Waals surface area contributed by atoms with Crippen LogP contribution in [-0.2, 0) is 0 Å². The minimum atomic E-state index is 0.339. The van der Waals surface area contributed by atoms with Crippen LogP contribution in [0.5, 0.6) is 5.75 Å². The number of nitrogens with zero attached hydrogens (tertiary/aromatic N) is 1. The summed E-state index contributed by atoms with van der Waals surface area (Å²) < 4.78 is 5.21. The van der Waals surface area contributed by atoms with E-state index in [1.165, 1.54) is 12.0 Å². The maximum atomic E-state index is 6.08. The van der Waals surface area contributed by atoms with Crippen LogP contribution in [0.3, 0.4) is 0 Å². The van der Waals surface area contributed by atoms with Crippen LogP contribution in [0.2, 0.25) is 0 Å². The molecule has 1 aliphatic rings. The normalized spacial score (nSPS) is 22.7. The molecule has 18 heavy (non-hydrogen) atoms. The second kappa shape index (κ2) is 6.21. The van der Waals surface area contributed by atoms with E-state index in [1.807, 2.05) is 12.1 Å². The van der Waals surface area contributed by atoms with Crippen molar-refractivity contribution in [3.05, 3.63) is 29.8 Å². The molecular weight excluding hydrogens is 224 g/mol. The minimum absolute atomic E-state index is 0.339. The fraction of sp³-hybridized carbons (Fsp3) is 0.600. The number of rotatable bonds is 4. The van der Waals surface area contributed by atoms with Gasteiger partial charge < -0.3 is 10.5 Å². The number of ether oxygens (including phenoxy) is 1. The van der Waals surface area contributed by atoms with Gasteiger partial charge in [-0.15, -0.1) is 0 Å². The molecule has 1 aromatic rings. The van der Waals surface area contributed by atoms with E-state index in [9.17, 15) is 0 Å². The van der Waals surface area contributed by atoms with E-state index >= 15 is 0 Å². The fourth-order valence-electron chi connectivity index (χ4n) is 2.85. The predicted molar refractivity (Wildman–Crippen MR) is 74.8 cm³/mol. The SMILES string of the molecule is CCC(c1ccc(OC)cc1)N1CCCC(N)C1. The van der Waals surface area contributed by atoms with Crippen molar-refractivity contribution in [2.75, 3.05) is 20.2 Å². The molecule has 0 aliphatic carbocycles. The summed E-state index contributed by atoms with van der Waals surface area (Å²) in [4.78, 5) is 2.52. The Morgan fingerprint density at radius 3 is 2.67 bits per heavy atom. The summed E-state index contributed by atoms with van der Waals surface area (Å²) in [7, 11) is 1.70. The summed E-state index contributed by atoms with van der Waals surface area (Å²) in [6.07, 6.45) is 3.50. The van der Waals surface area contributed by atoms with E-state index in [1.54, 1.807) is 7.11 Å². The van der Waals surface area contributed by atoms with Crippen molar-refractivity contribution in [2.24, 2.45) is 5.73 Å². The van der Waals surface area contributed by atoms with Gasteiger partial charge in [0.05, 0.1) is 7.11 Å². The molecular formula is C15H24N2O. The molecule has 0 amide bonds. The molecule has 100 valence electrons. The van der Waals surface area contributed by atoms with Crippen LogP contribution in [0.4, 0.5) is 0 Å². The van der Waals surface area contributed by atoms with Crippen LogP contribution < -0.4 is 10.5 Å². The van der Waals surface area contributed by atoms with Gasteiger partial charge in [-0.25, -0.2) is 0 Å². The van der Waals surface area contributed by atoms with Gasteiger partial charge in [-0.2, -0.15) is 0 Å². The topological polar surface area (TPSA) is 38.5 Å². The Bertz CT molecular complexity index is 363. The van der Waals surface area contributed by atoms with E-state index in [0.29, 0.717) is 12.1 Å². The van der Waals surface area contributed by atoms with Gasteiger partial charge in [0.1, 0.15) is 5.75 Å². The fourth-order valence-corrected chi connectivity index (χ4v) is 2.85. The average Bonchev–Trinajstić information content (AvgIpc) is 2.40. The third-order valence-corrected chi connectivity index (χ3v) is 3.82. The summed E-state index contributed by atoms with van der Waals surface area (Å²) in [5, 5.41) is 0. The van der Waals surface area contributed by atoms with Gasteiger partial charge in [0.2, 0.25) is 0 Å². The number of methoxy groups -OCH3 is 1. The molecule has 2 rings (SSSR count). The van der Waals surface area contributed by atoms with Gasteiger partial charge in [0.15, 0.2) is 0 Å². The molecule has 2 unspecified atom stereocenters. The Morgan fingerprint density at radius 1 is 1.39 bits per heavy atom. The summed E-state index contributed by atoms with van der Waals surface area (Å²) in [5.74, 6) is 0.920. The molecule has 1 aromatic carbocycles. The monoisotopic (exact) mass is 248 g/mol. The smallest absolute Gasteiger partial charge is 0.118 e. The Morgan fingerprint density at radius 2 is 2.11 bits per heavy atom. The molecule has 1 saturated heterocycles. The van der Waals surface area contributed by atoms with Crippen LogP contribution >= 0.6 is 0 Å². The van der Waals surface area contributed by atoms with Crippen molar-refractivity contribution in [2.45, 2.75) is 38.3 Å². The first-order chi connectivity index (χ1) is 8.74. The zero-order chi connectivity index (χ0) is 13.0. The second-order valence-electron chi connectivity index (χ2n) is 5.09. The number of piperidine rings is 1. The van der Waals surface area contributed by atoms with Gasteiger partial charge in [-0.05, 0) is 43.5 Å². The Balaban J connectivity index is 2.11. The lowest BCUT2D eigenvalue weighted by Gasteiger charge is -2.37. The number of hydrogen-bond donors (Lipinski definition) is 1. The summed E-state index contributed by atoms with van der Waals surface area (Å²) in [5.41, 5.74) is 7.45. The average molecular weight is 248 g/mol. The van der Waals surface area contributed by atoms with E-state index in [2.05, 4.69) is 24.0 Å². The van der Waals surface area contributed by atoms with Crippen LogP contribution in [-0.4, -0.2) is 31.1 Å². The number of benzene rings is 1. The lowest BCUT2D eigenvalue weighted by atomic mass is 9.98. The van der Waals surface area contributed by atoms with Crippen molar-refractivity contribution in [3.63, 3.8) is 0 Å². The molecule has 2 N–H and O–H groups in total. The first kappa shape index (κ1) is 13.4. The molecule has 0 bridgehead atoms. The molecule has 0 spiro atoms. The quantitative estimate of drug-likeness (QED) is 0.890. The lowest BCUT2D eigenvalue weighted by molar-refractivity contribution is 0.145. The summed E-state index contributed by atoms with van der Waals surface area (Å²) in [6.45, 7) is 4.43. The molecule has 2 atom stereocenters. The molecule has 0 saturated carbocycles. The Kier molecular flexibility index (Phi) is 4.61. The summed E-state index contributed by atoms with van der Waals surface area (Å²) in [6, 6.07) is 9.26. The van der Waals surface area contributed by atoms with Crippen molar-refractivity contribution in [3.8, 4) is 5.75 Å². The first-order valence-electron chi connectivity index (χ1n) is 6.88. The van der Waals surface area contributed by atoms with E-state index in [0.717, 1.165) is 31.7 Å². The maximum absolute atomic E-state index is 6.08. The zero-order valence-electron chi connectivity index (χ0n) is 11.4. The highest BCUT2D eigenvalue weighted by Gasteiger charge is 2.23. The Hall–Kier alpha value is -1.06. The van der Waals surface area contributed by atoms with Gasteiger partial charge in [0, 0.05) is 18.6 Å². The van der Waals surface area contributed by atoms with Gasteiger partial charge in [0.25, 0.3) is 0 Å². The highest BCUT2D eigenvalue weighted by Crippen LogP contribution is 2.28. The number of likely N-dealkylation sites (tertiary alicyclic amines) is 1. The molecule has 3 nitrogen and oxygen atoms in total. The van der Waals surface area contributed by atoms with E-state index < -0.39 is 0 Å². The molecule has 0 radical (unpaired) electrons. The molecule has 1 aliphatic heterocycles. The second-order valence-corrected chi connectivity index (χ2v) is 5.09. The van der Waals surface area contributed by atoms with E-state index in [-0.39, 0.29) is 0 Å². The van der Waals surface area contributed by atoms with Crippen molar-refractivity contribution in [1.82, 2.24) is 4.90 Å². The predicted octanol–water partition coefficient (Wildman–Crippen LogP) is 2.57. The highest BCUT2D eigenvalue weighted by atomic mass is 16.5. The van der Waals surface area contributed by atoms with Gasteiger partial charge >= 0.3 is 0 Å². The molecule has 1 heterocycles. The number of nitrogens with two attached hydrogens (primary N) is 1. The number of hydrogen-bond acceptors (Lipinski definition) is 3. The first-order valence-corrected chi connectivity index (χ1v) is 6.88. The van der Waals surface area contributed by atoms with Crippen molar-refractivity contribution in [1.29, 1.82) is 0 Å². The third kappa shape index (κ3) is 3.03. The zero-order valence-corrected chi connectivity index (χ0v) is 11.4. The lowest BCUT2D eigenvalue weighted by Crippen LogP contribution is -2.44. The Labute approximate surface area is 110 Å². The van der Waals surface area contributed by atoms with Crippen LogP contribution in [0, 0.1) is 0 Å². The van der Waals surface area contributed by atoms with Crippen molar-refractivity contribution >= 4 is 0 Å². The minimum Gasteiger partial charge on any atom is -0.497 e. The molecule has 3 heteroatoms. The van der Waals surface area contributed by atoms with E-state index in [4.69, 9.17) is 10.5 Å². The van der Waals surface area contributed by atoms with Crippen LogP contribution in [0.1, 0.15) is 37.8 Å². The highest BCUT2D eigenvalue weighted by molar-refractivity contribution is 5.29. The summed E-state index contributed by atoms with van der Waals surface area (Å²) >= 11 is 0. The van der Waals surface area contributed by atoms with Crippen LogP contribution in [0.15, 0.2) is 24.3 Å². The largest absolute Gasteiger partial charge is 0.497 e. The third-order valence-electron chi connectivity index (χ3n) is 3.82. The molecule has 1 fully saturated rings.